The highest BCUT2D eigenvalue weighted by atomic mass is 35.5. The lowest BCUT2D eigenvalue weighted by atomic mass is 9.96. The Balaban J connectivity index is 1.35. The van der Waals surface area contributed by atoms with Crippen LogP contribution in [0.2, 0.25) is 10.0 Å². The Bertz CT molecular complexity index is 1390. The molecule has 12 nitrogen and oxygen atoms in total. The van der Waals surface area contributed by atoms with Crippen molar-refractivity contribution in [3.8, 4) is 0 Å². The summed E-state index contributed by atoms with van der Waals surface area (Å²) in [5.74, 6) is 0.158. The van der Waals surface area contributed by atoms with Gasteiger partial charge in [-0.15, -0.1) is 0 Å². The molecule has 2 saturated heterocycles. The zero-order chi connectivity index (χ0) is 26.8. The second kappa shape index (κ2) is 9.41. The summed E-state index contributed by atoms with van der Waals surface area (Å²) in [6.07, 6.45) is -1.28. The molecule has 2 aromatic heterocycles. The molecule has 0 spiro atoms. The van der Waals surface area contributed by atoms with Crippen molar-refractivity contribution in [1.29, 1.82) is 0 Å². The molecule has 4 heterocycles. The van der Waals surface area contributed by atoms with Crippen LogP contribution in [0.1, 0.15) is 45.1 Å². The van der Waals surface area contributed by atoms with Crippen LogP contribution in [0, 0.1) is 0 Å². The van der Waals surface area contributed by atoms with Crippen molar-refractivity contribution >= 4 is 48.0 Å². The van der Waals surface area contributed by atoms with Gasteiger partial charge in [-0.05, 0) is 38.5 Å². The van der Waals surface area contributed by atoms with E-state index >= 15 is 0 Å². The Morgan fingerprint density at radius 1 is 1.24 bits per heavy atom. The largest absolute Gasteiger partial charge is 0.476 e. The maximum absolute atomic E-state index is 13.6. The Kier molecular flexibility index (Phi) is 6.80. The molecule has 0 bridgehead atoms. The van der Waals surface area contributed by atoms with E-state index < -0.39 is 50.2 Å². The van der Waals surface area contributed by atoms with Crippen molar-refractivity contribution in [2.45, 2.75) is 62.9 Å². The molecule has 1 aromatic carbocycles. The minimum Gasteiger partial charge on any atom is -0.387 e. The number of anilines is 1. The molecular formula is C22H26Cl2N5O7P. The molecule has 0 radical (unpaired) electrons. The first-order valence-corrected chi connectivity index (χ1v) is 13.6. The smallest absolute Gasteiger partial charge is 0.387 e. The number of ether oxygens (including phenoxy) is 1. The number of nitrogens with two attached hydrogens (primary N) is 1. The van der Waals surface area contributed by atoms with E-state index in [9.17, 15) is 14.8 Å². The molecule has 200 valence electrons. The number of aliphatic hydroxyl groups is 2. The minimum atomic E-state index is -4.13. The quantitative estimate of drug-likeness (QED) is 0.380. The average molecular weight is 574 g/mol. The predicted octanol–water partition coefficient (Wildman–Crippen LogP) is 3.81. The van der Waals surface area contributed by atoms with Crippen molar-refractivity contribution < 1.29 is 33.1 Å². The fourth-order valence-electron chi connectivity index (χ4n) is 4.53. The van der Waals surface area contributed by atoms with E-state index in [4.69, 9.17) is 47.2 Å². The van der Waals surface area contributed by atoms with Crippen LogP contribution in [0.3, 0.4) is 0 Å². The monoisotopic (exact) mass is 573 g/mol. The molecule has 0 saturated carbocycles. The van der Waals surface area contributed by atoms with Gasteiger partial charge >= 0.3 is 7.82 Å². The molecule has 5 rings (SSSR count). The van der Waals surface area contributed by atoms with Crippen LogP contribution >= 0.6 is 31.0 Å². The normalized spacial score (nSPS) is 33.7. The van der Waals surface area contributed by atoms with Gasteiger partial charge in [-0.25, -0.2) is 19.5 Å². The number of benzene rings is 1. The molecule has 6 atom stereocenters. The minimum absolute atomic E-state index is 0.158. The standard InChI is InChI=1S/C22H26Cl2N5O7P/c1-21(2)7-14(11-4-5-12(23)13(24)6-11)35-37(32,36-21)33-8-15-17(30)22(3,31)20(34-15)29-10-28-16-18(25)26-9-27-19(16)29/h4-6,9-10,14-15,17,20,30-31H,7-8H2,1-3H3,(H2,25,26,27)/t14-,15+,17+,20+,22+,37?/m0/s1. The Hall–Kier alpha value is -1.86. The molecule has 0 amide bonds. The van der Waals surface area contributed by atoms with E-state index in [0.717, 1.165) is 0 Å². The summed E-state index contributed by atoms with van der Waals surface area (Å²) in [5.41, 5.74) is 4.48. The fourth-order valence-corrected chi connectivity index (χ4v) is 6.51. The third kappa shape index (κ3) is 4.98. The van der Waals surface area contributed by atoms with Crippen molar-refractivity contribution in [1.82, 2.24) is 19.5 Å². The van der Waals surface area contributed by atoms with Gasteiger partial charge in [-0.1, -0.05) is 29.3 Å². The third-order valence-corrected chi connectivity index (χ3v) is 8.83. The Morgan fingerprint density at radius 3 is 2.73 bits per heavy atom. The third-order valence-electron chi connectivity index (χ3n) is 6.40. The van der Waals surface area contributed by atoms with Crippen molar-refractivity contribution in [3.05, 3.63) is 46.5 Å². The highest BCUT2D eigenvalue weighted by molar-refractivity contribution is 7.48. The summed E-state index contributed by atoms with van der Waals surface area (Å²) in [6, 6.07) is 4.99. The average Bonchev–Trinajstić information content (AvgIpc) is 3.33. The van der Waals surface area contributed by atoms with Gasteiger partial charge < -0.3 is 20.7 Å². The topological polar surface area (TPSA) is 164 Å². The number of phosphoric acid groups is 1. The summed E-state index contributed by atoms with van der Waals surface area (Å²) in [5, 5.41) is 22.7. The van der Waals surface area contributed by atoms with Crippen molar-refractivity contribution in [3.63, 3.8) is 0 Å². The van der Waals surface area contributed by atoms with Crippen LogP contribution < -0.4 is 5.73 Å². The van der Waals surface area contributed by atoms with Crippen LogP contribution in [-0.2, 0) is 22.9 Å². The number of aliphatic hydroxyl groups excluding tert-OH is 1. The van der Waals surface area contributed by atoms with Crippen LogP contribution in [0.4, 0.5) is 5.82 Å². The number of aromatic nitrogens is 4. The maximum atomic E-state index is 13.6. The number of imidazole rings is 1. The molecule has 2 fully saturated rings. The first kappa shape index (κ1) is 26.7. The van der Waals surface area contributed by atoms with E-state index in [1.165, 1.54) is 24.1 Å². The number of nitrogen functional groups attached to an aromatic ring is 1. The number of rotatable bonds is 5. The summed E-state index contributed by atoms with van der Waals surface area (Å²) < 4.78 is 38.0. The zero-order valence-electron chi connectivity index (χ0n) is 20.1. The molecule has 4 N–H and O–H groups in total. The van der Waals surface area contributed by atoms with Gasteiger partial charge in [0.05, 0.1) is 34.7 Å². The van der Waals surface area contributed by atoms with Gasteiger partial charge in [-0.3, -0.25) is 18.1 Å². The molecule has 2 aliphatic heterocycles. The van der Waals surface area contributed by atoms with Gasteiger partial charge in [0.2, 0.25) is 0 Å². The summed E-state index contributed by atoms with van der Waals surface area (Å²) in [4.78, 5) is 12.2. The first-order chi connectivity index (χ1) is 17.3. The van der Waals surface area contributed by atoms with E-state index in [-0.39, 0.29) is 5.82 Å². The van der Waals surface area contributed by atoms with Crippen LogP contribution in [0.25, 0.3) is 11.2 Å². The fraction of sp³-hybridized carbons (Fsp3) is 0.500. The summed E-state index contributed by atoms with van der Waals surface area (Å²) in [7, 11) is -4.13. The van der Waals surface area contributed by atoms with Gasteiger partial charge in [0.15, 0.2) is 17.7 Å². The molecule has 37 heavy (non-hydrogen) atoms. The van der Waals surface area contributed by atoms with E-state index in [0.29, 0.717) is 33.2 Å². The maximum Gasteiger partial charge on any atom is 0.476 e. The first-order valence-electron chi connectivity index (χ1n) is 11.4. The Morgan fingerprint density at radius 2 is 2.00 bits per heavy atom. The van der Waals surface area contributed by atoms with Gasteiger partial charge in [0.1, 0.15) is 29.7 Å². The van der Waals surface area contributed by atoms with Crippen molar-refractivity contribution in [2.24, 2.45) is 0 Å². The number of halogens is 2. The van der Waals surface area contributed by atoms with Crippen LogP contribution in [0.15, 0.2) is 30.9 Å². The second-order valence-electron chi connectivity index (χ2n) is 9.85. The highest BCUT2D eigenvalue weighted by Gasteiger charge is 2.55. The van der Waals surface area contributed by atoms with E-state index in [1.807, 2.05) is 0 Å². The lowest BCUT2D eigenvalue weighted by Crippen LogP contribution is -2.44. The number of nitrogens with zero attached hydrogens (tertiary/aromatic N) is 4. The number of hydrogen-bond donors (Lipinski definition) is 3. The molecule has 15 heteroatoms. The van der Waals surface area contributed by atoms with Gasteiger partial charge in [0.25, 0.3) is 0 Å². The molecule has 2 aliphatic rings. The SMILES string of the molecule is CC1(C)C[C@@H](c2ccc(Cl)c(Cl)c2)OP(=O)(OC[C@H]2O[C@@H](n3cnc4c(N)ncnc43)[C@](C)(O)[C@@H]2O)O1. The molecule has 1 unspecified atom stereocenters. The second-order valence-corrected chi connectivity index (χ2v) is 12.2. The van der Waals surface area contributed by atoms with Gasteiger partial charge in [0, 0.05) is 6.42 Å². The van der Waals surface area contributed by atoms with Crippen LogP contribution in [-0.4, -0.2) is 59.7 Å². The predicted molar refractivity (Wildman–Crippen MR) is 134 cm³/mol. The lowest BCUT2D eigenvalue weighted by molar-refractivity contribution is -0.0967. The summed E-state index contributed by atoms with van der Waals surface area (Å²) >= 11 is 12.2. The summed E-state index contributed by atoms with van der Waals surface area (Å²) in [6.45, 7) is 4.52. The number of hydrogen-bond acceptors (Lipinski definition) is 11. The zero-order valence-corrected chi connectivity index (χ0v) is 22.5. The van der Waals surface area contributed by atoms with Crippen molar-refractivity contribution in [2.75, 3.05) is 12.3 Å². The molecule has 0 aliphatic carbocycles. The highest BCUT2D eigenvalue weighted by Crippen LogP contribution is 2.62. The van der Waals surface area contributed by atoms with Gasteiger partial charge in [-0.2, -0.15) is 0 Å². The van der Waals surface area contributed by atoms with Crippen LogP contribution in [0.5, 0.6) is 0 Å². The molecular weight excluding hydrogens is 548 g/mol. The molecule has 3 aromatic rings. The Labute approximate surface area is 222 Å². The number of fused-ring (bicyclic) bond motifs is 1. The number of phosphoric ester groups is 1. The van der Waals surface area contributed by atoms with E-state index in [1.54, 1.807) is 32.0 Å². The van der Waals surface area contributed by atoms with E-state index in [2.05, 4.69) is 15.0 Å². The lowest BCUT2D eigenvalue weighted by Gasteiger charge is -2.39.